The molecule has 0 aliphatic rings. The van der Waals surface area contributed by atoms with Crippen LogP contribution in [0.25, 0.3) is 0 Å². The lowest BCUT2D eigenvalue weighted by atomic mass is 10.2. The zero-order valence-electron chi connectivity index (χ0n) is 55.0. The van der Waals surface area contributed by atoms with Crippen LogP contribution in [0.3, 0.4) is 0 Å². The van der Waals surface area contributed by atoms with E-state index in [4.69, 9.17) is 25.9 Å². The summed E-state index contributed by atoms with van der Waals surface area (Å²) in [6, 6.07) is 7.60. The number of aldehydes is 2. The molecular formula is C55H116N14O21P4. The molecule has 4 unspecified atom stereocenters. The Morgan fingerprint density at radius 3 is 1.33 bits per heavy atom. The van der Waals surface area contributed by atoms with Crippen LogP contribution in [-0.2, 0) is 47.0 Å². The van der Waals surface area contributed by atoms with Crippen molar-refractivity contribution >= 4 is 76.9 Å². The first-order valence-corrected chi connectivity index (χ1v) is 33.7. The minimum absolute atomic E-state index is 0. The molecule has 0 spiro atoms. The number of nitrogens with one attached hydrogen (secondary N) is 4. The number of carbonyl (C=O) groups excluding carboxylic acids is 5. The molecule has 94 heavy (non-hydrogen) atoms. The van der Waals surface area contributed by atoms with Crippen LogP contribution in [0.15, 0.2) is 89.1 Å². The number of methoxy groups -OCH3 is 2. The van der Waals surface area contributed by atoms with E-state index >= 15 is 0 Å². The molecule has 39 heteroatoms. The van der Waals surface area contributed by atoms with Crippen LogP contribution >= 0.6 is 35.0 Å². The highest BCUT2D eigenvalue weighted by Crippen LogP contribution is 2.12. The van der Waals surface area contributed by atoms with Crippen molar-refractivity contribution in [3.05, 3.63) is 185 Å². The second kappa shape index (κ2) is 47.7. The SMILES string of the molecule is CC(=N)N.CCCC(=O)c1cc(=O)n(CC)c(=O)n1PC.CCn1c(=O)cc(C(=O)O)n(PC)c1=O.CCn1c(=O)cc(C)[nH]c1=O.CCn1c(=O)cc(C=O)[nH]c1=O.CCn1c(=O)cc(C=O)n(PC)c1=O.COC(=O)CC(C)=O.COc1nc(C)cc(=O)[nH]1.CPO.[HH].[HH].[HH].[HH].[HH].[HH].[HH].[HH].[HH].[HH].[HH].[HH].[HH].[HH].[HH].[HH]. The number of aromatic carboxylic acids is 1. The number of Topliss-reactive ketones (excluding diaryl/α,β-unsaturated/α-hetero) is 2. The number of aryl methyl sites for hydroxylation is 2. The predicted octanol–water partition coefficient (Wildman–Crippen LogP) is 4.34. The molecule has 0 aromatic carbocycles. The first-order valence-electron chi connectivity index (χ1n) is 27.9. The molecule has 0 amide bonds. The van der Waals surface area contributed by atoms with Crippen molar-refractivity contribution in [2.45, 2.75) is 121 Å². The Morgan fingerprint density at radius 1 is 0.606 bits per heavy atom. The van der Waals surface area contributed by atoms with E-state index in [0.29, 0.717) is 63.0 Å². The third-order valence-corrected chi connectivity index (χ3v) is 13.6. The molecule has 6 aromatic rings. The summed E-state index contributed by atoms with van der Waals surface area (Å²) in [7, 11) is 3.06. The first-order chi connectivity index (χ1) is 44.1. The van der Waals surface area contributed by atoms with Gasteiger partial charge in [0.2, 0.25) is 0 Å². The summed E-state index contributed by atoms with van der Waals surface area (Å²) < 4.78 is 18.1. The van der Waals surface area contributed by atoms with Crippen LogP contribution in [0.2, 0.25) is 0 Å². The van der Waals surface area contributed by atoms with Crippen molar-refractivity contribution in [2.24, 2.45) is 5.73 Å². The molecule has 0 saturated carbocycles. The number of carboxylic acids is 1. The number of ketones is 2. The molecule has 35 nitrogen and oxygen atoms in total. The fourth-order valence-electron chi connectivity index (χ4n) is 6.84. The van der Waals surface area contributed by atoms with Gasteiger partial charge in [-0.3, -0.25) is 99.0 Å². The van der Waals surface area contributed by atoms with Gasteiger partial charge in [-0.25, -0.2) is 33.8 Å². The van der Waals surface area contributed by atoms with Crippen molar-refractivity contribution in [3.8, 4) is 6.01 Å². The van der Waals surface area contributed by atoms with Crippen molar-refractivity contribution in [1.29, 1.82) is 5.41 Å². The van der Waals surface area contributed by atoms with E-state index in [1.807, 2.05) is 13.6 Å². The average Bonchev–Trinajstić information content (AvgIpc) is 0.813. The molecule has 0 radical (unpaired) electrons. The van der Waals surface area contributed by atoms with Gasteiger partial charge < -0.3 is 35.2 Å². The third kappa shape index (κ3) is 31.0. The Labute approximate surface area is 567 Å². The topological polar surface area (TPSA) is 499 Å². The molecule has 0 aliphatic heterocycles. The smallest absolute Gasteiger partial charge is 0.353 e. The maximum absolute atomic E-state index is 12.0. The van der Waals surface area contributed by atoms with E-state index in [9.17, 15) is 81.5 Å². The summed E-state index contributed by atoms with van der Waals surface area (Å²) in [4.78, 5) is 207. The van der Waals surface area contributed by atoms with Gasteiger partial charge in [-0.1, -0.05) is 6.92 Å². The number of ether oxygens (including phenoxy) is 2. The van der Waals surface area contributed by atoms with E-state index in [2.05, 4.69) is 24.7 Å². The zero-order valence-corrected chi connectivity index (χ0v) is 59.0. The van der Waals surface area contributed by atoms with Gasteiger partial charge in [0.25, 0.3) is 39.4 Å². The largest absolute Gasteiger partial charge is 0.477 e. The van der Waals surface area contributed by atoms with Crippen LogP contribution in [-0.4, -0.2) is 149 Å². The molecule has 0 bridgehead atoms. The van der Waals surface area contributed by atoms with Crippen LogP contribution in [0.4, 0.5) is 0 Å². The van der Waals surface area contributed by atoms with Crippen LogP contribution in [0.1, 0.15) is 151 Å². The summed E-state index contributed by atoms with van der Waals surface area (Å²) in [6.07, 6.45) is 1.91. The number of carbonyl (C=O) groups is 6. The van der Waals surface area contributed by atoms with E-state index in [-0.39, 0.29) is 139 Å². The third-order valence-electron chi connectivity index (χ3n) is 10.9. The number of carboxylic acid groups (broad SMARTS) is 1. The number of hydrogen-bond acceptors (Lipinski definition) is 22. The molecule has 0 fully saturated rings. The minimum Gasteiger partial charge on any atom is -0.477 e. The quantitative estimate of drug-likeness (QED) is 0.0127. The van der Waals surface area contributed by atoms with Crippen molar-refractivity contribution in [2.75, 3.05) is 40.9 Å². The van der Waals surface area contributed by atoms with E-state index < -0.39 is 51.2 Å². The Morgan fingerprint density at radius 2 is 1.00 bits per heavy atom. The maximum Gasteiger partial charge on any atom is 0.353 e. The van der Waals surface area contributed by atoms with Crippen LogP contribution in [0, 0.1) is 19.3 Å². The maximum atomic E-state index is 12.0. The Balaban J connectivity index is -0.0000000501. The van der Waals surface area contributed by atoms with Crippen LogP contribution < -0.4 is 72.3 Å². The van der Waals surface area contributed by atoms with E-state index in [0.717, 1.165) is 39.3 Å². The zero-order chi connectivity index (χ0) is 73.3. The summed E-state index contributed by atoms with van der Waals surface area (Å²) in [5.74, 6) is -1.88. The van der Waals surface area contributed by atoms with E-state index in [1.54, 1.807) is 68.5 Å². The Bertz CT molecular complexity index is 4210. The molecule has 8 N–H and O–H groups in total. The summed E-state index contributed by atoms with van der Waals surface area (Å²) in [6.45, 7) is 25.3. The minimum atomic E-state index is -1.26. The standard InChI is InChI=1S/C11H17N2O3P.C8H11N2O4P.C8H11N2O3P.C7H8N2O3.C7H10N2O2.C6H8N2O2.C5H8O3.C2H6N2.CH5OP.16H2/c1-4-6-9(14)8-7-10(15)12(5-2)11(16)13(8)17-3;1-3-9-6(11)4-5(7(12)13)10(15-2)8(9)14;1-3-9-7(12)4-6(5-11)10(14-2)8(9)13;1-2-9-6(11)3-5(4-10)8-7(9)12;1-3-9-6(10)4-5(2)8-7(9)11;1-4-3-5(9)8-6(7-4)10-2;1-4(6)3-5(7)8-2;1-2(3)4;1-3-2;;;;;;;;;;;;;;;;/h7,17H,4-6H2,1-3H3;4,15H,3H2,1-2H3,(H,12,13);4-5,14H,3H2,1-2H3;3-4H,2H2,1H3,(H,8,12);4H,3H2,1-2H3,(H,8,11);3H,1-2H3,(H,7,8,9);3H2,1-2H3;1H3,(H3,3,4);2-3H,1H3;16*1H. The number of aromatic amines is 3. The normalized spacial score (nSPS) is 10.1. The van der Waals surface area contributed by atoms with Gasteiger partial charge in [-0.05, 0) is 122 Å². The van der Waals surface area contributed by atoms with Crippen molar-refractivity contribution in [1.82, 2.24) is 55.8 Å². The monoisotopic (exact) mass is 1430 g/mol. The fourth-order valence-corrected chi connectivity index (χ4v) is 8.99. The summed E-state index contributed by atoms with van der Waals surface area (Å²) in [5, 5.41) is 15.1. The molecular weight excluding hydrogens is 1320 g/mol. The van der Waals surface area contributed by atoms with Gasteiger partial charge in [-0.2, -0.15) is 0 Å². The van der Waals surface area contributed by atoms with Gasteiger partial charge in [0.05, 0.1) is 37.1 Å². The lowest BCUT2D eigenvalue weighted by Gasteiger charge is -2.11. The Hall–Kier alpha value is -9.15. The summed E-state index contributed by atoms with van der Waals surface area (Å²) >= 11 is 0. The van der Waals surface area contributed by atoms with Gasteiger partial charge in [0.15, 0.2) is 18.4 Å². The number of rotatable bonds is 17. The van der Waals surface area contributed by atoms with Gasteiger partial charge in [0.1, 0.15) is 17.9 Å². The molecule has 552 valence electrons. The molecule has 0 aliphatic carbocycles. The lowest BCUT2D eigenvalue weighted by Crippen LogP contribution is -2.39. The number of aromatic nitrogens is 12. The highest BCUT2D eigenvalue weighted by Gasteiger charge is 2.16. The van der Waals surface area contributed by atoms with Gasteiger partial charge in [-0.15, -0.1) is 0 Å². The second-order valence-electron chi connectivity index (χ2n) is 17.8. The highest BCUT2D eigenvalue weighted by molar-refractivity contribution is 7.35. The molecule has 6 rings (SSSR count). The lowest BCUT2D eigenvalue weighted by molar-refractivity contribution is -0.143. The average molecular weight is 1430 g/mol. The Kier molecular flexibility index (Phi) is 45.2. The molecule has 6 aromatic heterocycles. The predicted molar refractivity (Wildman–Crippen MR) is 398 cm³/mol. The number of nitrogens with zero attached hydrogens (tertiary/aromatic N) is 9. The van der Waals surface area contributed by atoms with Crippen LogP contribution in [0.5, 0.6) is 6.01 Å². The number of amidine groups is 1. The van der Waals surface area contributed by atoms with Gasteiger partial charge >= 0.3 is 40.4 Å². The molecule has 6 heterocycles. The van der Waals surface area contributed by atoms with Gasteiger partial charge in [0, 0.05) is 119 Å². The second-order valence-corrected chi connectivity index (χ2v) is 21.0. The molecule has 4 atom stereocenters. The fraction of sp³-hybridized carbons (Fsp3) is 0.436. The summed E-state index contributed by atoms with van der Waals surface area (Å²) in [5.41, 5.74) is 1.56. The molecule has 0 saturated heterocycles. The van der Waals surface area contributed by atoms with E-state index in [1.165, 1.54) is 61.0 Å². The van der Waals surface area contributed by atoms with Crippen molar-refractivity contribution < 1.29 is 71.1 Å². The highest BCUT2D eigenvalue weighted by atomic mass is 31.1. The number of H-pyrrole nitrogens is 3. The van der Waals surface area contributed by atoms with Crippen molar-refractivity contribution in [3.63, 3.8) is 0 Å². The number of esters is 1. The number of hydrogen-bond donors (Lipinski definition) is 7. The number of nitrogens with two attached hydrogens (primary N) is 1. The first kappa shape index (κ1) is 89.0.